The monoisotopic (exact) mass is 588 g/mol. The van der Waals surface area contributed by atoms with Crippen molar-refractivity contribution in [1.82, 2.24) is 4.31 Å². The maximum absolute atomic E-state index is 13.0. The van der Waals surface area contributed by atoms with Crippen molar-refractivity contribution in [3.05, 3.63) is 51.4 Å². The average molecular weight is 589 g/mol. The molecule has 210 valence electrons. The molecule has 1 atom stereocenters. The van der Waals surface area contributed by atoms with E-state index in [0.29, 0.717) is 46.1 Å². The minimum Gasteiger partial charge on any atom is -0.462 e. The number of ether oxygens (including phenoxy) is 3. The number of halogens is 1. The third-order valence-electron chi connectivity index (χ3n) is 5.68. The van der Waals surface area contributed by atoms with E-state index in [0.717, 1.165) is 10.6 Å². The summed E-state index contributed by atoms with van der Waals surface area (Å²) in [7, 11) is -4.92. The number of hydrogen-bond acceptors (Lipinski definition) is 9. The highest BCUT2D eigenvalue weighted by atomic mass is 35.5. The summed E-state index contributed by atoms with van der Waals surface area (Å²) in [6, 6.07) is 8.83. The molecule has 2 aromatic rings. The van der Waals surface area contributed by atoms with Crippen LogP contribution in [0.25, 0.3) is 0 Å². The smallest absolute Gasteiger partial charge is 0.425 e. The number of anilines is 1. The van der Waals surface area contributed by atoms with Crippen molar-refractivity contribution >= 4 is 50.3 Å². The molecule has 1 N–H and O–H groups in total. The zero-order valence-electron chi connectivity index (χ0n) is 21.8. The molecule has 1 aromatic carbocycles. The first-order chi connectivity index (χ1) is 17.8. The molecule has 1 saturated heterocycles. The zero-order chi connectivity index (χ0) is 28.1. The van der Waals surface area contributed by atoms with E-state index in [4.69, 9.17) is 25.8 Å². The number of esters is 1. The topological polar surface area (TPSA) is 123 Å². The Labute approximate surface area is 232 Å². The van der Waals surface area contributed by atoms with E-state index in [2.05, 4.69) is 4.90 Å². The number of benzene rings is 1. The van der Waals surface area contributed by atoms with Crippen LogP contribution in [-0.2, 0) is 24.5 Å². The van der Waals surface area contributed by atoms with Gasteiger partial charge in [0.2, 0.25) is 0 Å². The lowest BCUT2D eigenvalue weighted by Crippen LogP contribution is -2.41. The van der Waals surface area contributed by atoms with Crippen LogP contribution in [0.15, 0.2) is 30.3 Å². The van der Waals surface area contributed by atoms with Crippen LogP contribution >= 0.6 is 22.9 Å². The molecule has 10 nitrogen and oxygen atoms in total. The van der Waals surface area contributed by atoms with Crippen LogP contribution in [0.5, 0.6) is 0 Å². The van der Waals surface area contributed by atoms with Crippen LogP contribution in [0, 0.1) is 0 Å². The maximum Gasteiger partial charge on any atom is 0.425 e. The number of morpholine rings is 1. The Morgan fingerprint density at radius 3 is 2.39 bits per heavy atom. The molecule has 1 aromatic heterocycles. The molecule has 3 rings (SSSR count). The van der Waals surface area contributed by atoms with E-state index in [9.17, 15) is 22.6 Å². The van der Waals surface area contributed by atoms with Crippen molar-refractivity contribution in [2.75, 3.05) is 44.4 Å². The van der Waals surface area contributed by atoms with Gasteiger partial charge in [-0.2, -0.15) is 12.7 Å². The Morgan fingerprint density at radius 2 is 1.84 bits per heavy atom. The van der Waals surface area contributed by atoms with Gasteiger partial charge in [0.15, 0.2) is 0 Å². The van der Waals surface area contributed by atoms with Crippen LogP contribution in [0.3, 0.4) is 0 Å². The highest BCUT2D eigenvalue weighted by Crippen LogP contribution is 2.40. The van der Waals surface area contributed by atoms with Gasteiger partial charge in [-0.1, -0.05) is 23.7 Å². The largest absolute Gasteiger partial charge is 0.462 e. The minimum atomic E-state index is -4.92. The van der Waals surface area contributed by atoms with E-state index >= 15 is 0 Å². The average Bonchev–Trinajstić information content (AvgIpc) is 3.27. The van der Waals surface area contributed by atoms with Crippen molar-refractivity contribution in [2.45, 2.75) is 45.6 Å². The van der Waals surface area contributed by atoms with Crippen LogP contribution < -0.4 is 4.90 Å². The molecule has 0 saturated carbocycles. The van der Waals surface area contributed by atoms with Gasteiger partial charge in [-0.25, -0.2) is 9.59 Å². The third kappa shape index (κ3) is 8.06. The SMILES string of the molecule is CCOC(=O)c1sc(N2CCOCC2)cc1C(CCN(C(=O)OC(C)(C)C)S(=O)(=O)O)c1ccc(Cl)cc1. The molecule has 0 aliphatic carbocycles. The standard InChI is InChI=1S/C25H33ClN2O8S2/c1-5-35-23(29)22-20(16-21(37-22)27-12-14-34-15-13-27)19(17-6-8-18(26)9-7-17)10-11-28(38(31,32)33)24(30)36-25(2,3)4/h6-9,16,19H,5,10-15H2,1-4H3,(H,31,32,33). The lowest BCUT2D eigenvalue weighted by molar-refractivity contribution is 0.0375. The van der Waals surface area contributed by atoms with Crippen LogP contribution in [-0.4, -0.2) is 74.4 Å². The first-order valence-corrected chi connectivity index (χ1v) is 14.8. The summed E-state index contributed by atoms with van der Waals surface area (Å²) in [6.45, 7) is 8.70. The van der Waals surface area contributed by atoms with Gasteiger partial charge < -0.3 is 19.1 Å². The Kier molecular flexibility index (Phi) is 10.0. The number of rotatable bonds is 9. The van der Waals surface area contributed by atoms with Gasteiger partial charge in [0.05, 0.1) is 24.8 Å². The Morgan fingerprint density at radius 1 is 1.21 bits per heavy atom. The number of nitrogens with zero attached hydrogens (tertiary/aromatic N) is 2. The van der Waals surface area contributed by atoms with Crippen LogP contribution in [0.2, 0.25) is 5.02 Å². The van der Waals surface area contributed by atoms with Gasteiger partial charge >= 0.3 is 22.4 Å². The molecule has 1 unspecified atom stereocenters. The second kappa shape index (κ2) is 12.6. The van der Waals surface area contributed by atoms with E-state index in [1.54, 1.807) is 52.0 Å². The predicted octanol–water partition coefficient (Wildman–Crippen LogP) is 4.98. The lowest BCUT2D eigenvalue weighted by Gasteiger charge is -2.27. The second-order valence-electron chi connectivity index (χ2n) is 9.61. The maximum atomic E-state index is 13.0. The molecule has 1 aliphatic rings. The molecule has 38 heavy (non-hydrogen) atoms. The molecule has 2 heterocycles. The predicted molar refractivity (Wildman–Crippen MR) is 146 cm³/mol. The van der Waals surface area contributed by atoms with E-state index in [1.807, 2.05) is 6.07 Å². The quantitative estimate of drug-likeness (QED) is 0.319. The van der Waals surface area contributed by atoms with Gasteiger partial charge in [0.25, 0.3) is 0 Å². The van der Waals surface area contributed by atoms with Gasteiger partial charge in [0, 0.05) is 30.6 Å². The number of amides is 1. The molecular weight excluding hydrogens is 556 g/mol. The first-order valence-electron chi connectivity index (χ1n) is 12.2. The fraction of sp³-hybridized carbons (Fsp3) is 0.520. The minimum absolute atomic E-state index is 0.0480. The van der Waals surface area contributed by atoms with Crippen molar-refractivity contribution in [3.63, 3.8) is 0 Å². The fourth-order valence-corrected chi connectivity index (χ4v) is 5.86. The molecular formula is C25H33ClN2O8S2. The van der Waals surface area contributed by atoms with Crippen molar-refractivity contribution in [3.8, 4) is 0 Å². The van der Waals surface area contributed by atoms with Gasteiger partial charge in [-0.3, -0.25) is 4.55 Å². The van der Waals surface area contributed by atoms with Crippen LogP contribution in [0.1, 0.15) is 60.8 Å². The summed E-state index contributed by atoms with van der Waals surface area (Å²) in [5.74, 6) is -1.03. The highest BCUT2D eigenvalue weighted by Gasteiger charge is 2.33. The normalized spacial score (nSPS) is 15.2. The van der Waals surface area contributed by atoms with Crippen molar-refractivity contribution in [1.29, 1.82) is 0 Å². The van der Waals surface area contributed by atoms with Crippen molar-refractivity contribution < 1.29 is 36.8 Å². The number of carbonyl (C=O) groups excluding carboxylic acids is 2. The van der Waals surface area contributed by atoms with Crippen LogP contribution in [0.4, 0.5) is 9.80 Å². The number of carbonyl (C=O) groups is 2. The number of thiophene rings is 1. The van der Waals surface area contributed by atoms with Gasteiger partial charge in [-0.15, -0.1) is 11.3 Å². The number of hydrogen-bond donors (Lipinski definition) is 1. The Balaban J connectivity index is 2.04. The van der Waals surface area contributed by atoms with Crippen molar-refractivity contribution in [2.24, 2.45) is 0 Å². The summed E-state index contributed by atoms with van der Waals surface area (Å²) < 4.78 is 50.4. The Hall–Kier alpha value is -2.38. The molecule has 1 fully saturated rings. The summed E-state index contributed by atoms with van der Waals surface area (Å²) in [6.07, 6.45) is -1.15. The van der Waals surface area contributed by atoms with E-state index < -0.39 is 40.4 Å². The molecule has 0 radical (unpaired) electrons. The Bertz CT molecular complexity index is 1220. The molecule has 0 bridgehead atoms. The third-order valence-corrected chi connectivity index (χ3v) is 8.01. The molecule has 1 amide bonds. The molecule has 1 aliphatic heterocycles. The molecule has 13 heteroatoms. The second-order valence-corrected chi connectivity index (χ2v) is 12.4. The highest BCUT2D eigenvalue weighted by molar-refractivity contribution is 7.83. The zero-order valence-corrected chi connectivity index (χ0v) is 24.2. The summed E-state index contributed by atoms with van der Waals surface area (Å²) in [5.41, 5.74) is 0.384. The van der Waals surface area contributed by atoms with E-state index in [1.165, 1.54) is 11.3 Å². The van der Waals surface area contributed by atoms with Gasteiger partial charge in [-0.05, 0) is 63.4 Å². The van der Waals surface area contributed by atoms with Gasteiger partial charge in [0.1, 0.15) is 10.5 Å². The summed E-state index contributed by atoms with van der Waals surface area (Å²) in [4.78, 5) is 28.2. The first kappa shape index (κ1) is 30.2. The summed E-state index contributed by atoms with van der Waals surface area (Å²) >= 11 is 7.40. The molecule has 0 spiro atoms. The fourth-order valence-electron chi connectivity index (χ4n) is 4.00. The van der Waals surface area contributed by atoms with E-state index in [-0.39, 0.29) is 13.0 Å². The lowest BCUT2D eigenvalue weighted by atomic mass is 9.88. The summed E-state index contributed by atoms with van der Waals surface area (Å²) in [5, 5.41) is 1.36.